The molecule has 1 atom stereocenters. The summed E-state index contributed by atoms with van der Waals surface area (Å²) in [5.41, 5.74) is 0. The first kappa shape index (κ1) is 30.9. The van der Waals surface area contributed by atoms with Gasteiger partial charge in [-0.2, -0.15) is 0 Å². The van der Waals surface area contributed by atoms with E-state index in [4.69, 9.17) is 9.47 Å². The summed E-state index contributed by atoms with van der Waals surface area (Å²) in [7, 11) is 0. The van der Waals surface area contributed by atoms with Crippen LogP contribution in [-0.2, 0) is 19.1 Å². The third-order valence-electron chi connectivity index (χ3n) is 6.26. The lowest BCUT2D eigenvalue weighted by molar-refractivity contribution is -0.150. The molecule has 0 saturated carbocycles. The van der Waals surface area contributed by atoms with Crippen molar-refractivity contribution < 1.29 is 19.1 Å². The Morgan fingerprint density at radius 1 is 0.594 bits per heavy atom. The Kier molecular flexibility index (Phi) is 22.3. The lowest BCUT2D eigenvalue weighted by atomic mass is 9.90. The van der Waals surface area contributed by atoms with Crippen LogP contribution in [0.1, 0.15) is 143 Å². The smallest absolute Gasteiger partial charge is 0.309 e. The standard InChI is InChI=1S/C28H54O4/c1-5-7-23-31-27(29)22-20-18-16-14-12-10-9-11-13-15-17-19-21-26(25(3)4)28(30)32-24-8-6-2/h25-26H,5-24H2,1-4H3. The van der Waals surface area contributed by atoms with Crippen LogP contribution >= 0.6 is 0 Å². The van der Waals surface area contributed by atoms with Gasteiger partial charge in [0.2, 0.25) is 0 Å². The molecule has 0 amide bonds. The van der Waals surface area contributed by atoms with Gasteiger partial charge in [0.15, 0.2) is 0 Å². The van der Waals surface area contributed by atoms with Gasteiger partial charge in [-0.05, 0) is 31.6 Å². The molecular formula is C28H54O4. The van der Waals surface area contributed by atoms with Crippen molar-refractivity contribution in [3.8, 4) is 0 Å². The van der Waals surface area contributed by atoms with E-state index in [1.807, 2.05) is 0 Å². The summed E-state index contributed by atoms with van der Waals surface area (Å²) in [6.07, 6.45) is 20.5. The van der Waals surface area contributed by atoms with E-state index < -0.39 is 0 Å². The van der Waals surface area contributed by atoms with E-state index in [1.165, 1.54) is 57.8 Å². The third kappa shape index (κ3) is 19.6. The number of hydrogen-bond donors (Lipinski definition) is 0. The molecule has 1 unspecified atom stereocenters. The van der Waals surface area contributed by atoms with E-state index in [2.05, 4.69) is 27.7 Å². The molecule has 0 heterocycles. The van der Waals surface area contributed by atoms with Crippen LogP contribution in [0, 0.1) is 11.8 Å². The maximum atomic E-state index is 12.2. The third-order valence-corrected chi connectivity index (χ3v) is 6.26. The molecule has 0 radical (unpaired) electrons. The molecule has 0 rings (SSSR count). The molecule has 0 aromatic carbocycles. The number of carbonyl (C=O) groups is 2. The number of esters is 2. The van der Waals surface area contributed by atoms with Crippen molar-refractivity contribution in [2.75, 3.05) is 13.2 Å². The number of unbranched alkanes of at least 4 members (excludes halogenated alkanes) is 13. The van der Waals surface area contributed by atoms with Crippen LogP contribution in [0.15, 0.2) is 0 Å². The van der Waals surface area contributed by atoms with Crippen LogP contribution in [0.5, 0.6) is 0 Å². The van der Waals surface area contributed by atoms with Crippen molar-refractivity contribution >= 4 is 11.9 Å². The summed E-state index contributed by atoms with van der Waals surface area (Å²) < 4.78 is 10.6. The van der Waals surface area contributed by atoms with Gasteiger partial charge >= 0.3 is 11.9 Å². The molecule has 0 bridgehead atoms. The first-order valence-corrected chi connectivity index (χ1v) is 13.8. The highest BCUT2D eigenvalue weighted by molar-refractivity contribution is 5.72. The minimum Gasteiger partial charge on any atom is -0.466 e. The molecule has 0 aliphatic carbocycles. The summed E-state index contributed by atoms with van der Waals surface area (Å²) in [4.78, 5) is 23.8. The summed E-state index contributed by atoms with van der Waals surface area (Å²) >= 11 is 0. The fraction of sp³-hybridized carbons (Fsp3) is 0.929. The van der Waals surface area contributed by atoms with Crippen molar-refractivity contribution in [2.45, 2.75) is 143 Å². The van der Waals surface area contributed by atoms with Crippen molar-refractivity contribution in [1.29, 1.82) is 0 Å². The molecule has 4 nitrogen and oxygen atoms in total. The Balaban J connectivity index is 3.46. The molecule has 190 valence electrons. The second kappa shape index (κ2) is 23.1. The van der Waals surface area contributed by atoms with Gasteiger partial charge in [0.25, 0.3) is 0 Å². The normalized spacial score (nSPS) is 12.2. The fourth-order valence-corrected chi connectivity index (χ4v) is 3.95. The zero-order valence-corrected chi connectivity index (χ0v) is 21.9. The van der Waals surface area contributed by atoms with E-state index in [-0.39, 0.29) is 17.9 Å². The molecule has 0 aliphatic heterocycles. The van der Waals surface area contributed by atoms with Crippen LogP contribution in [-0.4, -0.2) is 25.2 Å². The van der Waals surface area contributed by atoms with E-state index in [0.29, 0.717) is 25.6 Å². The van der Waals surface area contributed by atoms with Gasteiger partial charge in [-0.3, -0.25) is 9.59 Å². The first-order chi connectivity index (χ1) is 15.5. The number of rotatable bonds is 23. The van der Waals surface area contributed by atoms with Gasteiger partial charge in [-0.15, -0.1) is 0 Å². The Hall–Kier alpha value is -1.06. The minimum absolute atomic E-state index is 0.0142. The van der Waals surface area contributed by atoms with Crippen LogP contribution in [0.25, 0.3) is 0 Å². The second-order valence-electron chi connectivity index (χ2n) is 9.73. The van der Waals surface area contributed by atoms with Crippen molar-refractivity contribution in [3.63, 3.8) is 0 Å². The maximum Gasteiger partial charge on any atom is 0.309 e. The summed E-state index contributed by atoms with van der Waals surface area (Å²) in [6.45, 7) is 9.65. The largest absolute Gasteiger partial charge is 0.466 e. The monoisotopic (exact) mass is 454 g/mol. The van der Waals surface area contributed by atoms with Gasteiger partial charge in [-0.25, -0.2) is 0 Å². The molecule has 0 aromatic heterocycles. The first-order valence-electron chi connectivity index (χ1n) is 13.8. The number of carbonyl (C=O) groups excluding carboxylic acids is 2. The predicted molar refractivity (Wildman–Crippen MR) is 135 cm³/mol. The second-order valence-corrected chi connectivity index (χ2v) is 9.73. The van der Waals surface area contributed by atoms with Crippen LogP contribution < -0.4 is 0 Å². The molecular weight excluding hydrogens is 400 g/mol. The average molecular weight is 455 g/mol. The Morgan fingerprint density at radius 3 is 1.50 bits per heavy atom. The topological polar surface area (TPSA) is 52.6 Å². The Bertz CT molecular complexity index is 433. The van der Waals surface area contributed by atoms with Gasteiger partial charge in [0.05, 0.1) is 19.1 Å². The van der Waals surface area contributed by atoms with E-state index in [1.54, 1.807) is 0 Å². The highest BCUT2D eigenvalue weighted by Crippen LogP contribution is 2.21. The molecule has 0 saturated heterocycles. The molecule has 32 heavy (non-hydrogen) atoms. The fourth-order valence-electron chi connectivity index (χ4n) is 3.95. The molecule has 0 spiro atoms. The highest BCUT2D eigenvalue weighted by Gasteiger charge is 2.22. The number of hydrogen-bond acceptors (Lipinski definition) is 4. The minimum atomic E-state index is -0.0231. The highest BCUT2D eigenvalue weighted by atomic mass is 16.5. The van der Waals surface area contributed by atoms with Gasteiger partial charge in [-0.1, -0.05) is 111 Å². The van der Waals surface area contributed by atoms with E-state index in [0.717, 1.165) is 51.4 Å². The summed E-state index contributed by atoms with van der Waals surface area (Å²) in [6, 6.07) is 0. The average Bonchev–Trinajstić information content (AvgIpc) is 2.76. The lowest BCUT2D eigenvalue weighted by Crippen LogP contribution is -2.23. The molecule has 0 aliphatic rings. The van der Waals surface area contributed by atoms with Gasteiger partial charge < -0.3 is 9.47 Å². The molecule has 0 fully saturated rings. The molecule has 0 N–H and O–H groups in total. The zero-order chi connectivity index (χ0) is 23.9. The zero-order valence-electron chi connectivity index (χ0n) is 21.9. The molecule has 4 heteroatoms. The van der Waals surface area contributed by atoms with Crippen LogP contribution in [0.4, 0.5) is 0 Å². The predicted octanol–water partition coefficient (Wildman–Crippen LogP) is 8.41. The Morgan fingerprint density at radius 2 is 1.03 bits per heavy atom. The van der Waals surface area contributed by atoms with Crippen molar-refractivity contribution in [1.82, 2.24) is 0 Å². The van der Waals surface area contributed by atoms with Gasteiger partial charge in [0, 0.05) is 6.42 Å². The van der Waals surface area contributed by atoms with E-state index >= 15 is 0 Å². The molecule has 0 aromatic rings. The summed E-state index contributed by atoms with van der Waals surface area (Å²) in [5.74, 6) is 0.424. The number of ether oxygens (including phenoxy) is 2. The van der Waals surface area contributed by atoms with E-state index in [9.17, 15) is 9.59 Å². The van der Waals surface area contributed by atoms with Crippen molar-refractivity contribution in [3.05, 3.63) is 0 Å². The van der Waals surface area contributed by atoms with Crippen molar-refractivity contribution in [2.24, 2.45) is 11.8 Å². The van der Waals surface area contributed by atoms with Gasteiger partial charge in [0.1, 0.15) is 0 Å². The van der Waals surface area contributed by atoms with Crippen LogP contribution in [0.3, 0.4) is 0 Å². The Labute approximate surface area is 199 Å². The lowest BCUT2D eigenvalue weighted by Gasteiger charge is -2.19. The quantitative estimate of drug-likeness (QED) is 0.115. The summed E-state index contributed by atoms with van der Waals surface area (Å²) in [5, 5.41) is 0. The van der Waals surface area contributed by atoms with Crippen LogP contribution in [0.2, 0.25) is 0 Å². The maximum absolute atomic E-state index is 12.2. The SMILES string of the molecule is CCCCOC(=O)CCCCCCCCCCCCCCC(C(=O)OCCCC)C(C)C.